The second kappa shape index (κ2) is 6.48. The molecule has 0 amide bonds. The molecule has 17 heavy (non-hydrogen) atoms. The quantitative estimate of drug-likeness (QED) is 0.471. The second-order valence-electron chi connectivity index (χ2n) is 3.81. The molecule has 0 radical (unpaired) electrons. The van der Waals surface area contributed by atoms with Crippen LogP contribution in [0, 0.1) is 0 Å². The Morgan fingerprint density at radius 1 is 0.882 bits per heavy atom. The third-order valence-corrected chi connectivity index (χ3v) is 2.47. The maximum atomic E-state index is 4.18. The molecule has 0 spiro atoms. The zero-order valence-electron chi connectivity index (χ0n) is 9.71. The van der Waals surface area contributed by atoms with Gasteiger partial charge in [-0.2, -0.15) is 5.10 Å². The molecule has 0 aliphatic rings. The lowest BCUT2D eigenvalue weighted by Crippen LogP contribution is -2.10. The maximum Gasteiger partial charge on any atom is 0.0540 e. The summed E-state index contributed by atoms with van der Waals surface area (Å²) in [7, 11) is 0. The molecule has 2 heteroatoms. The van der Waals surface area contributed by atoms with Crippen LogP contribution in [0.25, 0.3) is 0 Å². The van der Waals surface area contributed by atoms with E-state index in [-0.39, 0.29) is 0 Å². The van der Waals surface area contributed by atoms with Gasteiger partial charge in [-0.05, 0) is 17.5 Å². The minimum atomic E-state index is 0.855. The number of nitrogens with zero attached hydrogens (tertiary/aromatic N) is 1. The summed E-state index contributed by atoms with van der Waals surface area (Å²) in [5.74, 6) is 0. The van der Waals surface area contributed by atoms with Crippen LogP contribution >= 0.6 is 0 Å². The number of hydrogen-bond acceptors (Lipinski definition) is 2. The molecule has 0 unspecified atom stereocenters. The topological polar surface area (TPSA) is 24.4 Å². The minimum absolute atomic E-state index is 0.855. The Morgan fingerprint density at radius 3 is 2.24 bits per heavy atom. The van der Waals surface area contributed by atoms with Crippen molar-refractivity contribution in [1.29, 1.82) is 0 Å². The van der Waals surface area contributed by atoms with E-state index in [0.717, 1.165) is 18.5 Å². The molecule has 0 atom stereocenters. The highest BCUT2D eigenvalue weighted by atomic mass is 15.3. The van der Waals surface area contributed by atoms with Crippen molar-refractivity contribution < 1.29 is 0 Å². The van der Waals surface area contributed by atoms with Crippen molar-refractivity contribution >= 4 is 6.21 Å². The standard InChI is InChI=1S/C15H16N2/c1-3-7-14(8-4-1)11-12-16-17-13-15-9-5-2-6-10-15/h1-10,13,16H,11-12H2. The van der Waals surface area contributed by atoms with Crippen LogP contribution in [0.1, 0.15) is 11.1 Å². The van der Waals surface area contributed by atoms with E-state index < -0.39 is 0 Å². The summed E-state index contributed by atoms with van der Waals surface area (Å²) in [6.45, 7) is 0.855. The van der Waals surface area contributed by atoms with Crippen molar-refractivity contribution in [3.63, 3.8) is 0 Å². The molecule has 86 valence electrons. The molecule has 2 aromatic carbocycles. The van der Waals surface area contributed by atoms with Crippen LogP contribution in [-0.2, 0) is 6.42 Å². The van der Waals surface area contributed by atoms with Gasteiger partial charge in [0.25, 0.3) is 0 Å². The third kappa shape index (κ3) is 4.11. The van der Waals surface area contributed by atoms with Crippen LogP contribution in [0.15, 0.2) is 65.8 Å². The lowest BCUT2D eigenvalue weighted by atomic mass is 10.2. The van der Waals surface area contributed by atoms with Gasteiger partial charge in [-0.3, -0.25) is 0 Å². The first kappa shape index (κ1) is 11.4. The molecule has 0 aliphatic carbocycles. The average molecular weight is 224 g/mol. The van der Waals surface area contributed by atoms with Crippen LogP contribution in [0.4, 0.5) is 0 Å². The van der Waals surface area contributed by atoms with Gasteiger partial charge < -0.3 is 5.43 Å². The first-order valence-corrected chi connectivity index (χ1v) is 5.80. The predicted molar refractivity (Wildman–Crippen MR) is 72.2 cm³/mol. The van der Waals surface area contributed by atoms with Gasteiger partial charge in [0.15, 0.2) is 0 Å². The molecular formula is C15H16N2. The smallest absolute Gasteiger partial charge is 0.0540 e. The van der Waals surface area contributed by atoms with E-state index in [9.17, 15) is 0 Å². The molecule has 0 heterocycles. The molecule has 0 fully saturated rings. The molecule has 0 bridgehead atoms. The van der Waals surface area contributed by atoms with E-state index in [1.807, 2.05) is 42.6 Å². The molecule has 2 rings (SSSR count). The number of nitrogens with one attached hydrogen (secondary N) is 1. The van der Waals surface area contributed by atoms with E-state index in [2.05, 4.69) is 34.8 Å². The van der Waals surface area contributed by atoms with Gasteiger partial charge in [-0.25, -0.2) is 0 Å². The van der Waals surface area contributed by atoms with Crippen molar-refractivity contribution in [1.82, 2.24) is 5.43 Å². The molecule has 2 aromatic rings. The van der Waals surface area contributed by atoms with Crippen LogP contribution in [0.3, 0.4) is 0 Å². The van der Waals surface area contributed by atoms with Gasteiger partial charge in [0, 0.05) is 6.54 Å². The number of rotatable bonds is 5. The molecule has 0 saturated heterocycles. The SMILES string of the molecule is C(=NNCCc1ccccc1)c1ccccc1. The van der Waals surface area contributed by atoms with Gasteiger partial charge in [0.2, 0.25) is 0 Å². The summed E-state index contributed by atoms with van der Waals surface area (Å²) in [6, 6.07) is 20.5. The molecule has 0 aromatic heterocycles. The fraction of sp³-hybridized carbons (Fsp3) is 0.133. The van der Waals surface area contributed by atoms with E-state index in [1.54, 1.807) is 0 Å². The average Bonchev–Trinajstić information content (AvgIpc) is 2.41. The number of benzene rings is 2. The van der Waals surface area contributed by atoms with E-state index in [1.165, 1.54) is 5.56 Å². The van der Waals surface area contributed by atoms with Gasteiger partial charge in [-0.15, -0.1) is 0 Å². The first-order valence-electron chi connectivity index (χ1n) is 5.80. The highest BCUT2D eigenvalue weighted by Crippen LogP contribution is 1.98. The van der Waals surface area contributed by atoms with Crippen molar-refractivity contribution in [3.05, 3.63) is 71.8 Å². The lowest BCUT2D eigenvalue weighted by Gasteiger charge is -2.00. The fourth-order valence-electron chi connectivity index (χ4n) is 1.57. The molecule has 0 aliphatic heterocycles. The van der Waals surface area contributed by atoms with Crippen molar-refractivity contribution in [2.24, 2.45) is 5.10 Å². The van der Waals surface area contributed by atoms with Gasteiger partial charge in [0.1, 0.15) is 0 Å². The zero-order valence-corrected chi connectivity index (χ0v) is 9.71. The Labute approximate surface area is 102 Å². The van der Waals surface area contributed by atoms with Crippen molar-refractivity contribution in [2.75, 3.05) is 6.54 Å². The normalized spacial score (nSPS) is 10.6. The molecular weight excluding hydrogens is 208 g/mol. The van der Waals surface area contributed by atoms with Crippen LogP contribution < -0.4 is 5.43 Å². The van der Waals surface area contributed by atoms with Crippen molar-refractivity contribution in [2.45, 2.75) is 6.42 Å². The zero-order chi connectivity index (χ0) is 11.8. The van der Waals surface area contributed by atoms with E-state index >= 15 is 0 Å². The highest BCUT2D eigenvalue weighted by molar-refractivity contribution is 5.79. The largest absolute Gasteiger partial charge is 0.310 e. The fourth-order valence-corrected chi connectivity index (χ4v) is 1.57. The summed E-state index contributed by atoms with van der Waals surface area (Å²) >= 11 is 0. The summed E-state index contributed by atoms with van der Waals surface area (Å²) in [5.41, 5.74) is 5.49. The summed E-state index contributed by atoms with van der Waals surface area (Å²) < 4.78 is 0. The van der Waals surface area contributed by atoms with Gasteiger partial charge >= 0.3 is 0 Å². The predicted octanol–water partition coefficient (Wildman–Crippen LogP) is 2.85. The van der Waals surface area contributed by atoms with Gasteiger partial charge in [-0.1, -0.05) is 60.7 Å². The van der Waals surface area contributed by atoms with Gasteiger partial charge in [0.05, 0.1) is 6.21 Å². The second-order valence-corrected chi connectivity index (χ2v) is 3.81. The number of hydrazone groups is 1. The monoisotopic (exact) mass is 224 g/mol. The summed E-state index contributed by atoms with van der Waals surface area (Å²) in [4.78, 5) is 0. The highest BCUT2D eigenvalue weighted by Gasteiger charge is 1.89. The Bertz CT molecular complexity index is 449. The molecule has 0 saturated carbocycles. The lowest BCUT2D eigenvalue weighted by molar-refractivity contribution is 0.734. The Balaban J connectivity index is 1.72. The minimum Gasteiger partial charge on any atom is -0.310 e. The van der Waals surface area contributed by atoms with Crippen LogP contribution in [0.5, 0.6) is 0 Å². The van der Waals surface area contributed by atoms with Crippen molar-refractivity contribution in [3.8, 4) is 0 Å². The Kier molecular flexibility index (Phi) is 4.35. The maximum absolute atomic E-state index is 4.18. The number of hydrogen-bond donors (Lipinski definition) is 1. The first-order chi connectivity index (χ1) is 8.45. The van der Waals surface area contributed by atoms with Crippen LogP contribution in [0.2, 0.25) is 0 Å². The van der Waals surface area contributed by atoms with E-state index in [0.29, 0.717) is 0 Å². The third-order valence-electron chi connectivity index (χ3n) is 2.47. The summed E-state index contributed by atoms with van der Waals surface area (Å²) in [5, 5.41) is 4.18. The van der Waals surface area contributed by atoms with Crippen LogP contribution in [-0.4, -0.2) is 12.8 Å². The Morgan fingerprint density at radius 2 is 1.53 bits per heavy atom. The molecule has 1 N–H and O–H groups in total. The summed E-state index contributed by atoms with van der Waals surface area (Å²) in [6.07, 6.45) is 2.83. The van der Waals surface area contributed by atoms with E-state index in [4.69, 9.17) is 0 Å². The molecule has 2 nitrogen and oxygen atoms in total. The Hall–Kier alpha value is -2.09.